The molecule has 0 amide bonds. The molecule has 1 atom stereocenters. The van der Waals surface area contributed by atoms with Crippen LogP contribution in [0.25, 0.3) is 0 Å². The van der Waals surface area contributed by atoms with Crippen LogP contribution in [0.5, 0.6) is 0 Å². The molecule has 0 bridgehead atoms. The van der Waals surface area contributed by atoms with Crippen LogP contribution >= 0.6 is 0 Å². The quantitative estimate of drug-likeness (QED) is 0.619. The van der Waals surface area contributed by atoms with Gasteiger partial charge in [-0.25, -0.2) is 0 Å². The molecular formula is C10H18O. The maximum atomic E-state index is 9.43. The summed E-state index contributed by atoms with van der Waals surface area (Å²) in [7, 11) is 0. The first-order valence-electron chi connectivity index (χ1n) is 4.70. The van der Waals surface area contributed by atoms with Crippen LogP contribution in [0.1, 0.15) is 45.4 Å². The number of aliphatic hydroxyl groups excluding tert-OH is 1. The summed E-state index contributed by atoms with van der Waals surface area (Å²) in [5.41, 5.74) is 1.48. The summed E-state index contributed by atoms with van der Waals surface area (Å²) in [6.07, 6.45) is 8.98. The monoisotopic (exact) mass is 154 g/mol. The SMILES string of the molecule is CCCC(O)C=C1CCCC1. The third kappa shape index (κ3) is 3.06. The van der Waals surface area contributed by atoms with Gasteiger partial charge in [0.1, 0.15) is 0 Å². The van der Waals surface area contributed by atoms with Crippen LogP contribution in [0.4, 0.5) is 0 Å². The Morgan fingerprint density at radius 2 is 2.09 bits per heavy atom. The van der Waals surface area contributed by atoms with E-state index in [1.165, 1.54) is 31.3 Å². The lowest BCUT2D eigenvalue weighted by Crippen LogP contribution is -2.01. The molecule has 1 N–H and O–H groups in total. The minimum atomic E-state index is -0.173. The first-order chi connectivity index (χ1) is 5.33. The smallest absolute Gasteiger partial charge is 0.0723 e. The summed E-state index contributed by atoms with van der Waals surface area (Å²) in [6.45, 7) is 2.11. The molecule has 1 rings (SSSR count). The van der Waals surface area contributed by atoms with E-state index in [0.717, 1.165) is 12.8 Å². The zero-order valence-electron chi connectivity index (χ0n) is 7.34. The van der Waals surface area contributed by atoms with E-state index >= 15 is 0 Å². The Labute approximate surface area is 69.1 Å². The number of hydrogen-bond acceptors (Lipinski definition) is 1. The van der Waals surface area contributed by atoms with Crippen molar-refractivity contribution in [3.8, 4) is 0 Å². The molecule has 1 saturated carbocycles. The van der Waals surface area contributed by atoms with Crippen LogP contribution < -0.4 is 0 Å². The van der Waals surface area contributed by atoms with Crippen molar-refractivity contribution >= 4 is 0 Å². The molecule has 1 aliphatic rings. The van der Waals surface area contributed by atoms with Crippen LogP contribution in [0.15, 0.2) is 11.6 Å². The Bertz CT molecular complexity index is 130. The van der Waals surface area contributed by atoms with Gasteiger partial charge in [0.05, 0.1) is 6.10 Å². The molecule has 0 heterocycles. The highest BCUT2D eigenvalue weighted by Crippen LogP contribution is 2.24. The molecule has 64 valence electrons. The summed E-state index contributed by atoms with van der Waals surface area (Å²) < 4.78 is 0. The molecule has 1 heteroatoms. The Hall–Kier alpha value is -0.300. The van der Waals surface area contributed by atoms with E-state index in [9.17, 15) is 5.11 Å². The maximum Gasteiger partial charge on any atom is 0.0723 e. The van der Waals surface area contributed by atoms with Crippen molar-refractivity contribution in [3.63, 3.8) is 0 Å². The van der Waals surface area contributed by atoms with Crippen molar-refractivity contribution in [2.75, 3.05) is 0 Å². The van der Waals surface area contributed by atoms with Gasteiger partial charge in [-0.05, 0) is 32.1 Å². The Morgan fingerprint density at radius 1 is 1.45 bits per heavy atom. The molecule has 1 unspecified atom stereocenters. The molecule has 0 aliphatic heterocycles. The van der Waals surface area contributed by atoms with Crippen LogP contribution in [-0.4, -0.2) is 11.2 Å². The van der Waals surface area contributed by atoms with Gasteiger partial charge in [-0.15, -0.1) is 0 Å². The second-order valence-corrected chi connectivity index (χ2v) is 3.39. The Balaban J connectivity index is 2.30. The first-order valence-corrected chi connectivity index (χ1v) is 4.70. The van der Waals surface area contributed by atoms with Gasteiger partial charge < -0.3 is 5.11 Å². The minimum absolute atomic E-state index is 0.173. The maximum absolute atomic E-state index is 9.43. The standard InChI is InChI=1S/C10H18O/c1-2-5-10(11)8-9-6-3-4-7-9/h8,10-11H,2-7H2,1H3. The van der Waals surface area contributed by atoms with Crippen molar-refractivity contribution in [1.29, 1.82) is 0 Å². The van der Waals surface area contributed by atoms with Crippen molar-refractivity contribution in [2.24, 2.45) is 0 Å². The molecule has 0 radical (unpaired) electrons. The third-order valence-corrected chi connectivity index (χ3v) is 2.26. The van der Waals surface area contributed by atoms with Crippen LogP contribution in [0.3, 0.4) is 0 Å². The summed E-state index contributed by atoms with van der Waals surface area (Å²) in [5.74, 6) is 0. The van der Waals surface area contributed by atoms with Gasteiger partial charge in [-0.2, -0.15) is 0 Å². The molecule has 0 aromatic heterocycles. The van der Waals surface area contributed by atoms with Gasteiger partial charge in [-0.3, -0.25) is 0 Å². The summed E-state index contributed by atoms with van der Waals surface area (Å²) in [5, 5.41) is 9.43. The van der Waals surface area contributed by atoms with Gasteiger partial charge in [0.25, 0.3) is 0 Å². The van der Waals surface area contributed by atoms with Crippen molar-refractivity contribution in [3.05, 3.63) is 11.6 Å². The number of hydrogen-bond donors (Lipinski definition) is 1. The molecule has 1 fully saturated rings. The second-order valence-electron chi connectivity index (χ2n) is 3.39. The molecular weight excluding hydrogens is 136 g/mol. The normalized spacial score (nSPS) is 20.4. The average molecular weight is 154 g/mol. The minimum Gasteiger partial charge on any atom is -0.389 e. The fourth-order valence-electron chi connectivity index (χ4n) is 1.65. The van der Waals surface area contributed by atoms with E-state index in [-0.39, 0.29) is 6.10 Å². The predicted octanol–water partition coefficient (Wildman–Crippen LogP) is 2.65. The van der Waals surface area contributed by atoms with Crippen LogP contribution in [0, 0.1) is 0 Å². The molecule has 1 nitrogen and oxygen atoms in total. The van der Waals surface area contributed by atoms with E-state index in [2.05, 4.69) is 13.0 Å². The van der Waals surface area contributed by atoms with E-state index in [1.807, 2.05) is 0 Å². The number of allylic oxidation sites excluding steroid dienone is 1. The van der Waals surface area contributed by atoms with Crippen molar-refractivity contribution in [1.82, 2.24) is 0 Å². The highest BCUT2D eigenvalue weighted by Gasteiger charge is 2.08. The largest absolute Gasteiger partial charge is 0.389 e. The van der Waals surface area contributed by atoms with Crippen LogP contribution in [0.2, 0.25) is 0 Å². The second kappa shape index (κ2) is 4.55. The first kappa shape index (κ1) is 8.79. The lowest BCUT2D eigenvalue weighted by molar-refractivity contribution is 0.210. The highest BCUT2D eigenvalue weighted by molar-refractivity contribution is 5.08. The Morgan fingerprint density at radius 3 is 2.64 bits per heavy atom. The average Bonchev–Trinajstić information content (AvgIpc) is 2.40. The molecule has 0 saturated heterocycles. The molecule has 0 aromatic carbocycles. The fourth-order valence-corrected chi connectivity index (χ4v) is 1.65. The van der Waals surface area contributed by atoms with E-state index in [1.54, 1.807) is 0 Å². The molecule has 11 heavy (non-hydrogen) atoms. The molecule has 1 aliphatic carbocycles. The van der Waals surface area contributed by atoms with Crippen molar-refractivity contribution < 1.29 is 5.11 Å². The van der Waals surface area contributed by atoms with Gasteiger partial charge in [0, 0.05) is 0 Å². The predicted molar refractivity (Wildman–Crippen MR) is 47.5 cm³/mol. The Kier molecular flexibility index (Phi) is 3.64. The van der Waals surface area contributed by atoms with Gasteiger partial charge in [-0.1, -0.05) is 25.0 Å². The van der Waals surface area contributed by atoms with Gasteiger partial charge in [0.15, 0.2) is 0 Å². The summed E-state index contributed by atoms with van der Waals surface area (Å²) in [6, 6.07) is 0. The summed E-state index contributed by atoms with van der Waals surface area (Å²) in [4.78, 5) is 0. The van der Waals surface area contributed by atoms with E-state index < -0.39 is 0 Å². The number of aliphatic hydroxyl groups is 1. The van der Waals surface area contributed by atoms with Gasteiger partial charge >= 0.3 is 0 Å². The number of rotatable bonds is 3. The van der Waals surface area contributed by atoms with E-state index in [4.69, 9.17) is 0 Å². The zero-order valence-corrected chi connectivity index (χ0v) is 7.34. The highest BCUT2D eigenvalue weighted by atomic mass is 16.3. The summed E-state index contributed by atoms with van der Waals surface area (Å²) >= 11 is 0. The zero-order chi connectivity index (χ0) is 8.10. The lowest BCUT2D eigenvalue weighted by Gasteiger charge is -2.04. The third-order valence-electron chi connectivity index (χ3n) is 2.26. The van der Waals surface area contributed by atoms with Gasteiger partial charge in [0.2, 0.25) is 0 Å². The topological polar surface area (TPSA) is 20.2 Å². The van der Waals surface area contributed by atoms with Crippen LogP contribution in [-0.2, 0) is 0 Å². The van der Waals surface area contributed by atoms with E-state index in [0.29, 0.717) is 0 Å². The lowest BCUT2D eigenvalue weighted by atomic mass is 10.1. The fraction of sp³-hybridized carbons (Fsp3) is 0.800. The molecule has 0 aromatic rings. The van der Waals surface area contributed by atoms with Crippen molar-refractivity contribution in [2.45, 2.75) is 51.6 Å². The molecule has 0 spiro atoms.